The Labute approximate surface area is 169 Å². The van der Waals surface area contributed by atoms with Gasteiger partial charge in [-0.1, -0.05) is 25.1 Å². The first-order valence-corrected chi connectivity index (χ1v) is 10.7. The zero-order chi connectivity index (χ0) is 21.6. The standard InChI is InChI=1S/C19H23N3O6S/c1-4-18(14-8-10-17(28-2)11-9-14)20-19(23)13-21(29(3,26)27)15-6-5-7-16(12-15)22(24)25/h5-12,18H,4,13H2,1-3H3,(H,20,23)/t18-/m1/s1. The molecule has 0 spiro atoms. The van der Waals surface area contributed by atoms with Gasteiger partial charge in [0, 0.05) is 12.1 Å². The van der Waals surface area contributed by atoms with Crippen LogP contribution in [0.15, 0.2) is 48.5 Å². The molecule has 9 nitrogen and oxygen atoms in total. The lowest BCUT2D eigenvalue weighted by atomic mass is 10.0. The first kappa shape index (κ1) is 22.2. The zero-order valence-corrected chi connectivity index (χ0v) is 17.2. The minimum absolute atomic E-state index is 0.0503. The molecule has 0 aromatic heterocycles. The highest BCUT2D eigenvalue weighted by Gasteiger charge is 2.24. The number of carbonyl (C=O) groups is 1. The first-order chi connectivity index (χ1) is 13.7. The third-order valence-corrected chi connectivity index (χ3v) is 5.42. The van der Waals surface area contributed by atoms with Crippen LogP contribution in [0.1, 0.15) is 24.9 Å². The Hall–Kier alpha value is -3.14. The highest BCUT2D eigenvalue weighted by Crippen LogP contribution is 2.24. The van der Waals surface area contributed by atoms with E-state index in [0.29, 0.717) is 12.2 Å². The van der Waals surface area contributed by atoms with Crippen LogP contribution in [0.25, 0.3) is 0 Å². The van der Waals surface area contributed by atoms with Crippen molar-refractivity contribution < 1.29 is 22.9 Å². The van der Waals surface area contributed by atoms with E-state index in [2.05, 4.69) is 5.32 Å². The molecule has 29 heavy (non-hydrogen) atoms. The molecule has 156 valence electrons. The topological polar surface area (TPSA) is 119 Å². The van der Waals surface area contributed by atoms with Crippen LogP contribution in [0.3, 0.4) is 0 Å². The van der Waals surface area contributed by atoms with Gasteiger partial charge in [0.15, 0.2) is 0 Å². The van der Waals surface area contributed by atoms with E-state index in [1.165, 1.54) is 18.2 Å². The monoisotopic (exact) mass is 421 g/mol. The molecule has 0 bridgehead atoms. The number of benzene rings is 2. The summed E-state index contributed by atoms with van der Waals surface area (Å²) in [4.78, 5) is 22.9. The van der Waals surface area contributed by atoms with Gasteiger partial charge in [0.1, 0.15) is 12.3 Å². The van der Waals surface area contributed by atoms with E-state index in [4.69, 9.17) is 4.74 Å². The Kier molecular flexibility index (Phi) is 7.16. The third-order valence-electron chi connectivity index (χ3n) is 4.28. The normalized spacial score (nSPS) is 12.1. The molecule has 1 atom stereocenters. The maximum atomic E-state index is 12.6. The first-order valence-electron chi connectivity index (χ1n) is 8.81. The van der Waals surface area contributed by atoms with Crippen molar-refractivity contribution in [3.05, 3.63) is 64.2 Å². The summed E-state index contributed by atoms with van der Waals surface area (Å²) in [6.45, 7) is 1.40. The predicted molar refractivity (Wildman–Crippen MR) is 109 cm³/mol. The Bertz CT molecular complexity index is 976. The number of nitro groups is 1. The minimum Gasteiger partial charge on any atom is -0.497 e. The van der Waals surface area contributed by atoms with Crippen LogP contribution in [0.2, 0.25) is 0 Å². The molecule has 0 aliphatic carbocycles. The number of nitrogens with one attached hydrogen (secondary N) is 1. The second kappa shape index (κ2) is 9.37. The van der Waals surface area contributed by atoms with Crippen molar-refractivity contribution >= 4 is 27.3 Å². The van der Waals surface area contributed by atoms with E-state index in [0.717, 1.165) is 22.2 Å². The van der Waals surface area contributed by atoms with Gasteiger partial charge in [-0.2, -0.15) is 0 Å². The van der Waals surface area contributed by atoms with Crippen molar-refractivity contribution in [3.8, 4) is 5.75 Å². The number of rotatable bonds is 9. The lowest BCUT2D eigenvalue weighted by molar-refractivity contribution is -0.384. The lowest BCUT2D eigenvalue weighted by Crippen LogP contribution is -2.41. The number of hydrogen-bond donors (Lipinski definition) is 1. The van der Waals surface area contributed by atoms with Gasteiger partial charge in [0.25, 0.3) is 5.69 Å². The molecule has 0 radical (unpaired) electrons. The molecule has 0 aliphatic rings. The van der Waals surface area contributed by atoms with Crippen LogP contribution < -0.4 is 14.4 Å². The second-order valence-corrected chi connectivity index (χ2v) is 8.25. The summed E-state index contributed by atoms with van der Waals surface area (Å²) in [5.74, 6) is 0.161. The molecule has 0 aliphatic heterocycles. The van der Waals surface area contributed by atoms with Crippen LogP contribution in [-0.4, -0.2) is 39.2 Å². The molecule has 0 unspecified atom stereocenters. The van der Waals surface area contributed by atoms with Gasteiger partial charge in [-0.3, -0.25) is 19.2 Å². The largest absolute Gasteiger partial charge is 0.497 e. The van der Waals surface area contributed by atoms with E-state index in [1.807, 2.05) is 19.1 Å². The van der Waals surface area contributed by atoms with Crippen molar-refractivity contribution in [2.75, 3.05) is 24.2 Å². The summed E-state index contributed by atoms with van der Waals surface area (Å²) >= 11 is 0. The Morgan fingerprint density at radius 2 is 1.90 bits per heavy atom. The molecule has 2 rings (SSSR count). The summed E-state index contributed by atoms with van der Waals surface area (Å²) < 4.78 is 30.4. The number of carbonyl (C=O) groups excluding carboxylic acids is 1. The quantitative estimate of drug-likeness (QED) is 0.491. The van der Waals surface area contributed by atoms with Crippen LogP contribution in [0, 0.1) is 10.1 Å². The molecule has 0 saturated carbocycles. The Morgan fingerprint density at radius 3 is 2.41 bits per heavy atom. The number of amides is 1. The average Bonchev–Trinajstić information content (AvgIpc) is 2.69. The van der Waals surface area contributed by atoms with Crippen molar-refractivity contribution in [2.24, 2.45) is 0 Å². The van der Waals surface area contributed by atoms with Crippen molar-refractivity contribution in [1.29, 1.82) is 0 Å². The molecular formula is C19H23N3O6S. The van der Waals surface area contributed by atoms with Gasteiger partial charge >= 0.3 is 0 Å². The van der Waals surface area contributed by atoms with Gasteiger partial charge in [0.2, 0.25) is 15.9 Å². The van der Waals surface area contributed by atoms with Gasteiger partial charge in [0.05, 0.1) is 30.0 Å². The van der Waals surface area contributed by atoms with Crippen molar-refractivity contribution in [1.82, 2.24) is 5.32 Å². The van der Waals surface area contributed by atoms with Crippen LogP contribution in [0.5, 0.6) is 5.75 Å². The van der Waals surface area contributed by atoms with E-state index >= 15 is 0 Å². The second-order valence-electron chi connectivity index (χ2n) is 6.35. The number of methoxy groups -OCH3 is 1. The minimum atomic E-state index is -3.84. The van der Waals surface area contributed by atoms with Crippen LogP contribution >= 0.6 is 0 Å². The van der Waals surface area contributed by atoms with Gasteiger partial charge in [-0.25, -0.2) is 8.42 Å². The molecule has 2 aromatic carbocycles. The molecule has 1 amide bonds. The smallest absolute Gasteiger partial charge is 0.271 e. The summed E-state index contributed by atoms with van der Waals surface area (Å²) in [6.07, 6.45) is 1.54. The molecule has 0 fully saturated rings. The summed E-state index contributed by atoms with van der Waals surface area (Å²) in [6, 6.07) is 12.0. The van der Waals surface area contributed by atoms with Crippen molar-refractivity contribution in [3.63, 3.8) is 0 Å². The van der Waals surface area contributed by atoms with E-state index in [1.54, 1.807) is 19.2 Å². The molecule has 10 heteroatoms. The highest BCUT2D eigenvalue weighted by atomic mass is 32.2. The third kappa shape index (κ3) is 5.92. The molecule has 0 heterocycles. The van der Waals surface area contributed by atoms with Gasteiger partial charge in [-0.05, 0) is 30.2 Å². The number of hydrogen-bond acceptors (Lipinski definition) is 6. The predicted octanol–water partition coefficient (Wildman–Crippen LogP) is 2.64. The summed E-state index contributed by atoms with van der Waals surface area (Å²) in [5.41, 5.74) is 0.637. The zero-order valence-electron chi connectivity index (χ0n) is 16.4. The molecule has 1 N–H and O–H groups in total. The maximum absolute atomic E-state index is 12.6. The average molecular weight is 421 g/mol. The number of anilines is 1. The van der Waals surface area contributed by atoms with Crippen LogP contribution in [-0.2, 0) is 14.8 Å². The Morgan fingerprint density at radius 1 is 1.24 bits per heavy atom. The van der Waals surface area contributed by atoms with E-state index in [-0.39, 0.29) is 17.4 Å². The molecule has 0 saturated heterocycles. The number of nitrogens with zero attached hydrogens (tertiary/aromatic N) is 2. The van der Waals surface area contributed by atoms with Crippen molar-refractivity contribution in [2.45, 2.75) is 19.4 Å². The Balaban J connectivity index is 2.21. The fraction of sp³-hybridized carbons (Fsp3) is 0.316. The SMILES string of the molecule is CC[C@@H](NC(=O)CN(c1cccc([N+](=O)[O-])c1)S(C)(=O)=O)c1ccc(OC)cc1. The summed E-state index contributed by atoms with van der Waals surface area (Å²) in [5, 5.41) is 13.8. The molecule has 2 aromatic rings. The van der Waals surface area contributed by atoms with Crippen LogP contribution in [0.4, 0.5) is 11.4 Å². The fourth-order valence-corrected chi connectivity index (χ4v) is 3.64. The number of sulfonamides is 1. The number of ether oxygens (including phenoxy) is 1. The summed E-state index contributed by atoms with van der Waals surface area (Å²) in [7, 11) is -2.28. The maximum Gasteiger partial charge on any atom is 0.271 e. The van der Waals surface area contributed by atoms with Gasteiger partial charge in [-0.15, -0.1) is 0 Å². The molecular weight excluding hydrogens is 398 g/mol. The number of non-ortho nitro benzene ring substituents is 1. The fourth-order valence-electron chi connectivity index (χ4n) is 2.79. The lowest BCUT2D eigenvalue weighted by Gasteiger charge is -2.24. The van der Waals surface area contributed by atoms with Gasteiger partial charge < -0.3 is 10.1 Å². The highest BCUT2D eigenvalue weighted by molar-refractivity contribution is 7.92. The van der Waals surface area contributed by atoms with E-state index < -0.39 is 27.4 Å². The van der Waals surface area contributed by atoms with E-state index in [9.17, 15) is 23.3 Å². The number of nitro benzene ring substituents is 1.